The van der Waals surface area contributed by atoms with Crippen LogP contribution in [0.5, 0.6) is 0 Å². The van der Waals surface area contributed by atoms with Gasteiger partial charge >= 0.3 is 0 Å². The first-order valence-corrected chi connectivity index (χ1v) is 7.10. The molecule has 2 heteroatoms. The summed E-state index contributed by atoms with van der Waals surface area (Å²) in [7, 11) is 0. The van der Waals surface area contributed by atoms with E-state index in [-0.39, 0.29) is 6.04 Å². The van der Waals surface area contributed by atoms with Gasteiger partial charge in [0.2, 0.25) is 0 Å². The standard InChI is InChI=1S/C19H14N2/c20-12-18-17-11-5-7-14-6-4-8-15(19(14)17)13-21(18)16-9-2-1-3-10-16/h1-11,18H,13H2. The number of nitriles is 1. The maximum absolute atomic E-state index is 9.71. The Morgan fingerprint density at radius 2 is 1.67 bits per heavy atom. The minimum absolute atomic E-state index is 0.231. The van der Waals surface area contributed by atoms with Crippen molar-refractivity contribution in [3.8, 4) is 6.07 Å². The van der Waals surface area contributed by atoms with E-state index in [1.165, 1.54) is 16.3 Å². The molecule has 1 heterocycles. The molecule has 1 aliphatic heterocycles. The van der Waals surface area contributed by atoms with Gasteiger partial charge in [-0.2, -0.15) is 5.26 Å². The van der Waals surface area contributed by atoms with Crippen LogP contribution in [-0.2, 0) is 6.54 Å². The summed E-state index contributed by atoms with van der Waals surface area (Å²) in [6.45, 7) is 0.774. The van der Waals surface area contributed by atoms with E-state index in [9.17, 15) is 5.26 Å². The van der Waals surface area contributed by atoms with Gasteiger partial charge in [-0.1, -0.05) is 54.6 Å². The average molecular weight is 270 g/mol. The Labute approximate surface area is 123 Å². The topological polar surface area (TPSA) is 27.0 Å². The van der Waals surface area contributed by atoms with Crippen molar-refractivity contribution >= 4 is 16.5 Å². The van der Waals surface area contributed by atoms with Crippen LogP contribution < -0.4 is 4.90 Å². The van der Waals surface area contributed by atoms with E-state index in [1.54, 1.807) is 0 Å². The summed E-state index contributed by atoms with van der Waals surface area (Å²) in [5.74, 6) is 0. The lowest BCUT2D eigenvalue weighted by molar-refractivity contribution is 0.721. The number of anilines is 1. The third kappa shape index (κ3) is 1.79. The monoisotopic (exact) mass is 270 g/mol. The molecule has 3 aromatic carbocycles. The fourth-order valence-electron chi connectivity index (χ4n) is 3.25. The van der Waals surface area contributed by atoms with Crippen LogP contribution >= 0.6 is 0 Å². The lowest BCUT2D eigenvalue weighted by atomic mass is 9.90. The molecule has 0 bridgehead atoms. The number of benzene rings is 3. The second-order valence-electron chi connectivity index (χ2n) is 5.36. The maximum Gasteiger partial charge on any atom is 0.143 e. The first kappa shape index (κ1) is 12.0. The highest BCUT2D eigenvalue weighted by Crippen LogP contribution is 2.39. The van der Waals surface area contributed by atoms with Crippen LogP contribution in [0.25, 0.3) is 10.8 Å². The van der Waals surface area contributed by atoms with E-state index in [4.69, 9.17) is 0 Å². The molecular formula is C19H14N2. The van der Waals surface area contributed by atoms with Crippen molar-refractivity contribution in [1.82, 2.24) is 0 Å². The number of hydrogen-bond donors (Lipinski definition) is 0. The van der Waals surface area contributed by atoms with Crippen LogP contribution in [0.4, 0.5) is 5.69 Å². The summed E-state index contributed by atoms with van der Waals surface area (Å²) in [4.78, 5) is 2.18. The predicted octanol–water partition coefficient (Wildman–Crippen LogP) is 4.42. The zero-order valence-electron chi connectivity index (χ0n) is 11.5. The summed E-state index contributed by atoms with van der Waals surface area (Å²) in [5, 5.41) is 12.2. The lowest BCUT2D eigenvalue weighted by Gasteiger charge is -2.35. The Morgan fingerprint density at radius 3 is 2.43 bits per heavy atom. The van der Waals surface area contributed by atoms with Crippen molar-refractivity contribution in [2.24, 2.45) is 0 Å². The molecule has 1 aliphatic rings. The summed E-state index contributed by atoms with van der Waals surface area (Å²) in [5.41, 5.74) is 3.50. The molecule has 0 saturated heterocycles. The van der Waals surface area contributed by atoms with Gasteiger partial charge in [-0.25, -0.2) is 0 Å². The zero-order valence-corrected chi connectivity index (χ0v) is 11.5. The number of para-hydroxylation sites is 1. The molecule has 3 aromatic rings. The Bertz CT molecular complexity index is 841. The molecule has 2 nitrogen and oxygen atoms in total. The summed E-state index contributed by atoms with van der Waals surface area (Å²) >= 11 is 0. The largest absolute Gasteiger partial charge is 0.348 e. The normalized spacial score (nSPS) is 16.7. The molecule has 0 spiro atoms. The highest BCUT2D eigenvalue weighted by Gasteiger charge is 2.28. The van der Waals surface area contributed by atoms with E-state index >= 15 is 0 Å². The molecule has 21 heavy (non-hydrogen) atoms. The molecule has 0 saturated carbocycles. The van der Waals surface area contributed by atoms with E-state index in [0.29, 0.717) is 0 Å². The average Bonchev–Trinajstić information content (AvgIpc) is 2.56. The van der Waals surface area contributed by atoms with Crippen LogP contribution in [0, 0.1) is 11.3 Å². The van der Waals surface area contributed by atoms with Gasteiger partial charge in [-0.05, 0) is 34.0 Å². The highest BCUT2D eigenvalue weighted by molar-refractivity contribution is 5.91. The predicted molar refractivity (Wildman–Crippen MR) is 84.9 cm³/mol. The molecule has 0 aromatic heterocycles. The quantitative estimate of drug-likeness (QED) is 0.654. The van der Waals surface area contributed by atoms with Crippen molar-refractivity contribution in [2.45, 2.75) is 12.6 Å². The van der Waals surface area contributed by atoms with Crippen LogP contribution in [0.2, 0.25) is 0 Å². The molecule has 0 aliphatic carbocycles. The first-order chi connectivity index (χ1) is 10.4. The summed E-state index contributed by atoms with van der Waals surface area (Å²) in [6.07, 6.45) is 0. The van der Waals surface area contributed by atoms with Crippen molar-refractivity contribution < 1.29 is 0 Å². The van der Waals surface area contributed by atoms with Crippen molar-refractivity contribution in [3.63, 3.8) is 0 Å². The molecule has 4 rings (SSSR count). The van der Waals surface area contributed by atoms with E-state index in [2.05, 4.69) is 53.4 Å². The molecule has 0 radical (unpaired) electrons. The van der Waals surface area contributed by atoms with E-state index in [0.717, 1.165) is 17.8 Å². The molecule has 0 fully saturated rings. The molecule has 100 valence electrons. The van der Waals surface area contributed by atoms with Crippen LogP contribution in [0.1, 0.15) is 17.2 Å². The Morgan fingerprint density at radius 1 is 0.905 bits per heavy atom. The van der Waals surface area contributed by atoms with Gasteiger partial charge in [0.1, 0.15) is 6.04 Å². The second kappa shape index (κ2) is 4.64. The minimum Gasteiger partial charge on any atom is -0.348 e. The smallest absolute Gasteiger partial charge is 0.143 e. The van der Waals surface area contributed by atoms with Crippen LogP contribution in [0.15, 0.2) is 66.7 Å². The fraction of sp³-hybridized carbons (Fsp3) is 0.105. The van der Waals surface area contributed by atoms with Gasteiger partial charge in [-0.3, -0.25) is 0 Å². The molecular weight excluding hydrogens is 256 g/mol. The summed E-state index contributed by atoms with van der Waals surface area (Å²) < 4.78 is 0. The second-order valence-corrected chi connectivity index (χ2v) is 5.36. The molecule has 0 amide bonds. The van der Waals surface area contributed by atoms with Gasteiger partial charge in [-0.15, -0.1) is 0 Å². The van der Waals surface area contributed by atoms with Crippen molar-refractivity contribution in [1.29, 1.82) is 5.26 Å². The molecule has 0 N–H and O–H groups in total. The minimum atomic E-state index is -0.231. The van der Waals surface area contributed by atoms with Crippen LogP contribution in [0.3, 0.4) is 0 Å². The number of hydrogen-bond acceptors (Lipinski definition) is 2. The SMILES string of the molecule is N#CC1c2cccc3cccc(c23)CN1c1ccccc1. The van der Waals surface area contributed by atoms with Gasteiger partial charge in [0.25, 0.3) is 0 Å². The van der Waals surface area contributed by atoms with Crippen molar-refractivity contribution in [2.75, 3.05) is 4.90 Å². The Balaban J connectivity index is 1.95. The van der Waals surface area contributed by atoms with Crippen molar-refractivity contribution in [3.05, 3.63) is 77.9 Å². The Kier molecular flexibility index (Phi) is 2.65. The molecule has 1 atom stereocenters. The zero-order chi connectivity index (χ0) is 14.2. The molecule has 1 unspecified atom stereocenters. The third-order valence-corrected chi connectivity index (χ3v) is 4.18. The first-order valence-electron chi connectivity index (χ1n) is 7.10. The highest BCUT2D eigenvalue weighted by atomic mass is 15.2. The van der Waals surface area contributed by atoms with Gasteiger partial charge < -0.3 is 4.90 Å². The van der Waals surface area contributed by atoms with Crippen LogP contribution in [-0.4, -0.2) is 0 Å². The lowest BCUT2D eigenvalue weighted by Crippen LogP contribution is -2.30. The van der Waals surface area contributed by atoms with Gasteiger partial charge in [0.15, 0.2) is 0 Å². The number of rotatable bonds is 1. The fourth-order valence-corrected chi connectivity index (χ4v) is 3.25. The summed E-state index contributed by atoms with van der Waals surface area (Å²) in [6, 6.07) is 25.0. The van der Waals surface area contributed by atoms with Gasteiger partial charge in [0.05, 0.1) is 6.07 Å². The van der Waals surface area contributed by atoms with E-state index < -0.39 is 0 Å². The van der Waals surface area contributed by atoms with Gasteiger partial charge in [0, 0.05) is 12.2 Å². The Hall–Kier alpha value is -2.79. The third-order valence-electron chi connectivity index (χ3n) is 4.18. The maximum atomic E-state index is 9.71. The number of nitrogens with zero attached hydrogens (tertiary/aromatic N) is 2. The van der Waals surface area contributed by atoms with E-state index in [1.807, 2.05) is 24.3 Å².